The lowest BCUT2D eigenvalue weighted by Gasteiger charge is -2.23. The van der Waals surface area contributed by atoms with Crippen molar-refractivity contribution in [3.05, 3.63) is 94.0 Å². The van der Waals surface area contributed by atoms with Crippen LogP contribution in [-0.2, 0) is 12.0 Å². The Morgan fingerprint density at radius 1 is 0.931 bits per heavy atom. The van der Waals surface area contributed by atoms with E-state index in [0.29, 0.717) is 18.1 Å². The SMILES string of the molecule is CCC(C)(C)c1ccc(Oc2ccc(OCc3ccccc3)cc2[N+](=O)[O-])cc1. The summed E-state index contributed by atoms with van der Waals surface area (Å²) in [4.78, 5) is 11.1. The van der Waals surface area contributed by atoms with E-state index in [-0.39, 0.29) is 16.9 Å². The van der Waals surface area contributed by atoms with Gasteiger partial charge in [0.1, 0.15) is 18.1 Å². The van der Waals surface area contributed by atoms with Gasteiger partial charge in [-0.05, 0) is 47.2 Å². The second-order valence-corrected chi connectivity index (χ2v) is 7.52. The van der Waals surface area contributed by atoms with Crippen LogP contribution < -0.4 is 9.47 Å². The summed E-state index contributed by atoms with van der Waals surface area (Å²) in [5.41, 5.74) is 2.13. The van der Waals surface area contributed by atoms with Crippen LogP contribution in [0.4, 0.5) is 5.69 Å². The Kier molecular flexibility index (Phi) is 6.17. The number of nitrogens with zero attached hydrogens (tertiary/aromatic N) is 1. The molecule has 0 aliphatic carbocycles. The van der Waals surface area contributed by atoms with E-state index in [0.717, 1.165) is 12.0 Å². The number of rotatable bonds is 8. The standard InChI is InChI=1S/C24H25NO4/c1-4-24(2,3)19-10-12-20(13-11-19)29-23-15-14-21(16-22(23)25(26)27)28-17-18-8-6-5-7-9-18/h5-16H,4,17H2,1-3H3. The third-order valence-electron chi connectivity index (χ3n) is 5.12. The molecule has 3 aromatic rings. The first kappa shape index (κ1) is 20.4. The fourth-order valence-corrected chi connectivity index (χ4v) is 2.86. The molecule has 0 aromatic heterocycles. The Labute approximate surface area is 171 Å². The molecule has 29 heavy (non-hydrogen) atoms. The number of hydrogen-bond donors (Lipinski definition) is 0. The molecule has 0 heterocycles. The summed E-state index contributed by atoms with van der Waals surface area (Å²) in [6, 6.07) is 22.0. The monoisotopic (exact) mass is 391 g/mol. The molecule has 0 saturated carbocycles. The molecule has 0 aliphatic rings. The number of ether oxygens (including phenoxy) is 2. The first-order valence-electron chi connectivity index (χ1n) is 9.62. The lowest BCUT2D eigenvalue weighted by molar-refractivity contribution is -0.385. The maximum atomic E-state index is 11.5. The molecular weight excluding hydrogens is 366 g/mol. The lowest BCUT2D eigenvalue weighted by atomic mass is 9.82. The van der Waals surface area contributed by atoms with Crippen molar-refractivity contribution in [3.8, 4) is 17.2 Å². The van der Waals surface area contributed by atoms with Crippen molar-refractivity contribution in [2.75, 3.05) is 0 Å². The predicted octanol–water partition coefficient (Wildman–Crippen LogP) is 6.65. The van der Waals surface area contributed by atoms with E-state index < -0.39 is 4.92 Å². The van der Waals surface area contributed by atoms with Crippen molar-refractivity contribution in [2.45, 2.75) is 39.2 Å². The number of benzene rings is 3. The predicted molar refractivity (Wildman–Crippen MR) is 114 cm³/mol. The van der Waals surface area contributed by atoms with Gasteiger partial charge < -0.3 is 9.47 Å². The number of nitro groups is 1. The molecule has 3 rings (SSSR count). The smallest absolute Gasteiger partial charge is 0.315 e. The van der Waals surface area contributed by atoms with Crippen LogP contribution in [0.2, 0.25) is 0 Å². The van der Waals surface area contributed by atoms with Crippen molar-refractivity contribution < 1.29 is 14.4 Å². The van der Waals surface area contributed by atoms with Crippen molar-refractivity contribution >= 4 is 5.69 Å². The molecule has 0 radical (unpaired) electrons. The van der Waals surface area contributed by atoms with Gasteiger partial charge in [0.25, 0.3) is 0 Å². The largest absolute Gasteiger partial charge is 0.489 e. The summed E-state index contributed by atoms with van der Waals surface area (Å²) in [6.45, 7) is 6.85. The van der Waals surface area contributed by atoms with Gasteiger partial charge in [-0.1, -0.05) is 63.2 Å². The topological polar surface area (TPSA) is 61.6 Å². The molecule has 0 atom stereocenters. The van der Waals surface area contributed by atoms with Crippen molar-refractivity contribution in [3.63, 3.8) is 0 Å². The van der Waals surface area contributed by atoms with Crippen LogP contribution >= 0.6 is 0 Å². The van der Waals surface area contributed by atoms with E-state index in [9.17, 15) is 10.1 Å². The molecule has 5 heteroatoms. The highest BCUT2D eigenvalue weighted by Crippen LogP contribution is 2.35. The van der Waals surface area contributed by atoms with Crippen molar-refractivity contribution in [1.29, 1.82) is 0 Å². The maximum absolute atomic E-state index is 11.5. The summed E-state index contributed by atoms with van der Waals surface area (Å²) in [5.74, 6) is 1.17. The van der Waals surface area contributed by atoms with Crippen LogP contribution in [0.3, 0.4) is 0 Å². The zero-order valence-electron chi connectivity index (χ0n) is 16.9. The molecule has 0 aliphatic heterocycles. The van der Waals surface area contributed by atoms with Crippen LogP contribution in [-0.4, -0.2) is 4.92 Å². The molecule has 0 fully saturated rings. The maximum Gasteiger partial charge on any atom is 0.315 e. The summed E-state index contributed by atoms with van der Waals surface area (Å²) in [7, 11) is 0. The van der Waals surface area contributed by atoms with Gasteiger partial charge in [0.2, 0.25) is 5.75 Å². The minimum Gasteiger partial charge on any atom is -0.489 e. The molecule has 150 valence electrons. The van der Waals surface area contributed by atoms with E-state index >= 15 is 0 Å². The molecule has 0 N–H and O–H groups in total. The lowest BCUT2D eigenvalue weighted by Crippen LogP contribution is -2.14. The average Bonchev–Trinajstić information content (AvgIpc) is 2.74. The van der Waals surface area contributed by atoms with E-state index in [4.69, 9.17) is 9.47 Å². The fourth-order valence-electron chi connectivity index (χ4n) is 2.86. The first-order valence-corrected chi connectivity index (χ1v) is 9.62. The van der Waals surface area contributed by atoms with Crippen LogP contribution in [0.25, 0.3) is 0 Å². The normalized spacial score (nSPS) is 11.1. The van der Waals surface area contributed by atoms with E-state index in [1.165, 1.54) is 11.6 Å². The summed E-state index contributed by atoms with van der Waals surface area (Å²) >= 11 is 0. The Balaban J connectivity index is 1.76. The van der Waals surface area contributed by atoms with E-state index in [1.807, 2.05) is 54.6 Å². The Bertz CT molecular complexity index is 966. The van der Waals surface area contributed by atoms with E-state index in [2.05, 4.69) is 20.8 Å². The van der Waals surface area contributed by atoms with Crippen LogP contribution in [0, 0.1) is 10.1 Å². The first-order chi connectivity index (χ1) is 13.9. The van der Waals surface area contributed by atoms with E-state index in [1.54, 1.807) is 12.1 Å². The van der Waals surface area contributed by atoms with Gasteiger partial charge in [0, 0.05) is 0 Å². The Hall–Kier alpha value is -3.34. The highest BCUT2D eigenvalue weighted by atomic mass is 16.6. The quantitative estimate of drug-likeness (QED) is 0.318. The third kappa shape index (κ3) is 5.13. The molecular formula is C24H25NO4. The van der Waals surface area contributed by atoms with Gasteiger partial charge in [-0.3, -0.25) is 10.1 Å². The third-order valence-corrected chi connectivity index (χ3v) is 5.12. The molecule has 0 bridgehead atoms. The van der Waals surface area contributed by atoms with Gasteiger partial charge >= 0.3 is 5.69 Å². The van der Waals surface area contributed by atoms with Gasteiger partial charge in [-0.2, -0.15) is 0 Å². The average molecular weight is 391 g/mol. The molecule has 0 amide bonds. The zero-order chi connectivity index (χ0) is 20.9. The number of hydrogen-bond acceptors (Lipinski definition) is 4. The molecule has 5 nitrogen and oxygen atoms in total. The van der Waals surface area contributed by atoms with Crippen LogP contribution in [0.15, 0.2) is 72.8 Å². The second-order valence-electron chi connectivity index (χ2n) is 7.52. The minimum atomic E-state index is -0.459. The minimum absolute atomic E-state index is 0.0717. The van der Waals surface area contributed by atoms with Crippen LogP contribution in [0.5, 0.6) is 17.2 Å². The Morgan fingerprint density at radius 3 is 2.21 bits per heavy atom. The molecule has 0 spiro atoms. The van der Waals surface area contributed by atoms with Gasteiger partial charge in [-0.25, -0.2) is 0 Å². The Morgan fingerprint density at radius 2 is 1.59 bits per heavy atom. The van der Waals surface area contributed by atoms with Crippen molar-refractivity contribution in [1.82, 2.24) is 0 Å². The zero-order valence-corrected chi connectivity index (χ0v) is 16.9. The molecule has 0 unspecified atom stereocenters. The van der Waals surface area contributed by atoms with Gasteiger partial charge in [0.05, 0.1) is 11.0 Å². The summed E-state index contributed by atoms with van der Waals surface area (Å²) in [5, 5.41) is 11.5. The highest BCUT2D eigenvalue weighted by Gasteiger charge is 2.20. The van der Waals surface area contributed by atoms with Gasteiger partial charge in [-0.15, -0.1) is 0 Å². The second kappa shape index (κ2) is 8.78. The van der Waals surface area contributed by atoms with Gasteiger partial charge in [0.15, 0.2) is 0 Å². The van der Waals surface area contributed by atoms with Crippen molar-refractivity contribution in [2.24, 2.45) is 0 Å². The molecule has 3 aromatic carbocycles. The summed E-state index contributed by atoms with van der Waals surface area (Å²) < 4.78 is 11.5. The van der Waals surface area contributed by atoms with Crippen LogP contribution in [0.1, 0.15) is 38.3 Å². The molecule has 0 saturated heterocycles. The summed E-state index contributed by atoms with van der Waals surface area (Å²) in [6.07, 6.45) is 1.02. The highest BCUT2D eigenvalue weighted by molar-refractivity contribution is 5.52. The number of nitro benzene ring substituents is 1. The fraction of sp³-hybridized carbons (Fsp3) is 0.250.